The summed E-state index contributed by atoms with van der Waals surface area (Å²) in [5.74, 6) is 0. The molecule has 1 nitrogen and oxygen atoms in total. The van der Waals surface area contributed by atoms with E-state index in [1.54, 1.807) is 0 Å². The number of hydrogen-bond donors (Lipinski definition) is 1. The van der Waals surface area contributed by atoms with E-state index in [-0.39, 0.29) is 5.25 Å². The SMILES string of the molecule is S[C@@H](c1ccccc1)c1cnc2ccccc2c1. The topological polar surface area (TPSA) is 12.9 Å². The molecule has 0 radical (unpaired) electrons. The maximum absolute atomic E-state index is 4.69. The highest BCUT2D eigenvalue weighted by Gasteiger charge is 2.09. The van der Waals surface area contributed by atoms with Crippen LogP contribution in [-0.4, -0.2) is 4.98 Å². The molecular formula is C16H13NS. The van der Waals surface area contributed by atoms with Crippen molar-refractivity contribution in [3.05, 3.63) is 78.0 Å². The first-order valence-corrected chi connectivity index (χ1v) is 6.44. The lowest BCUT2D eigenvalue weighted by Gasteiger charge is -2.11. The highest BCUT2D eigenvalue weighted by atomic mass is 32.1. The largest absolute Gasteiger partial charge is 0.256 e. The molecule has 0 aliphatic rings. The van der Waals surface area contributed by atoms with Crippen molar-refractivity contribution in [2.24, 2.45) is 0 Å². The molecule has 0 amide bonds. The molecule has 0 N–H and O–H groups in total. The molecule has 0 aliphatic heterocycles. The van der Waals surface area contributed by atoms with Gasteiger partial charge in [0.15, 0.2) is 0 Å². The minimum atomic E-state index is 0.0725. The zero-order valence-corrected chi connectivity index (χ0v) is 10.7. The van der Waals surface area contributed by atoms with Gasteiger partial charge in [-0.15, -0.1) is 0 Å². The number of nitrogens with zero attached hydrogens (tertiary/aromatic N) is 1. The fraction of sp³-hybridized carbons (Fsp3) is 0.0625. The Morgan fingerprint density at radius 1 is 0.833 bits per heavy atom. The fourth-order valence-corrected chi connectivity index (χ4v) is 2.38. The second-order valence-corrected chi connectivity index (χ2v) is 4.79. The fourth-order valence-electron chi connectivity index (χ4n) is 2.07. The van der Waals surface area contributed by atoms with Crippen LogP contribution in [0.5, 0.6) is 0 Å². The van der Waals surface area contributed by atoms with E-state index < -0.39 is 0 Å². The third-order valence-corrected chi connectivity index (χ3v) is 3.64. The normalized spacial score (nSPS) is 12.5. The Labute approximate surface area is 112 Å². The maximum Gasteiger partial charge on any atom is 0.0702 e. The number of fused-ring (bicyclic) bond motifs is 1. The van der Waals surface area contributed by atoms with E-state index in [0.717, 1.165) is 16.5 Å². The summed E-state index contributed by atoms with van der Waals surface area (Å²) in [5.41, 5.74) is 3.34. The van der Waals surface area contributed by atoms with E-state index in [1.165, 1.54) is 5.56 Å². The maximum atomic E-state index is 4.69. The van der Waals surface area contributed by atoms with Gasteiger partial charge in [-0.25, -0.2) is 0 Å². The van der Waals surface area contributed by atoms with Gasteiger partial charge in [0.2, 0.25) is 0 Å². The van der Waals surface area contributed by atoms with Gasteiger partial charge in [0.1, 0.15) is 0 Å². The zero-order valence-electron chi connectivity index (χ0n) is 9.82. The first-order valence-electron chi connectivity index (χ1n) is 5.92. The Morgan fingerprint density at radius 2 is 1.56 bits per heavy atom. The number of pyridine rings is 1. The van der Waals surface area contributed by atoms with Crippen molar-refractivity contribution in [3.8, 4) is 0 Å². The lowest BCUT2D eigenvalue weighted by Crippen LogP contribution is -1.94. The second-order valence-electron chi connectivity index (χ2n) is 4.27. The van der Waals surface area contributed by atoms with Gasteiger partial charge in [0.25, 0.3) is 0 Å². The third kappa shape index (κ3) is 2.12. The molecule has 88 valence electrons. The predicted molar refractivity (Wildman–Crippen MR) is 79.0 cm³/mol. The van der Waals surface area contributed by atoms with Crippen LogP contribution in [0, 0.1) is 0 Å². The highest BCUT2D eigenvalue weighted by Crippen LogP contribution is 2.29. The lowest BCUT2D eigenvalue weighted by atomic mass is 10.0. The van der Waals surface area contributed by atoms with Gasteiger partial charge in [-0.05, 0) is 23.3 Å². The van der Waals surface area contributed by atoms with Gasteiger partial charge >= 0.3 is 0 Å². The van der Waals surface area contributed by atoms with Crippen LogP contribution in [0.4, 0.5) is 0 Å². The molecule has 18 heavy (non-hydrogen) atoms. The minimum absolute atomic E-state index is 0.0725. The van der Waals surface area contributed by atoms with Crippen LogP contribution < -0.4 is 0 Å². The van der Waals surface area contributed by atoms with Gasteiger partial charge in [-0.3, -0.25) is 4.98 Å². The van der Waals surface area contributed by atoms with E-state index in [1.807, 2.05) is 42.6 Å². The predicted octanol–water partition coefficient (Wildman–Crippen LogP) is 4.25. The van der Waals surface area contributed by atoms with Crippen molar-refractivity contribution in [1.29, 1.82) is 0 Å². The zero-order chi connectivity index (χ0) is 12.4. The number of hydrogen-bond acceptors (Lipinski definition) is 2. The molecule has 0 fully saturated rings. The van der Waals surface area contributed by atoms with E-state index in [9.17, 15) is 0 Å². The van der Waals surface area contributed by atoms with Crippen molar-refractivity contribution in [3.63, 3.8) is 0 Å². The van der Waals surface area contributed by atoms with Crippen molar-refractivity contribution in [2.45, 2.75) is 5.25 Å². The summed E-state index contributed by atoms with van der Waals surface area (Å²) >= 11 is 4.69. The highest BCUT2D eigenvalue weighted by molar-refractivity contribution is 7.80. The number of thiol groups is 1. The molecule has 2 heteroatoms. The van der Waals surface area contributed by atoms with Crippen LogP contribution in [0.1, 0.15) is 16.4 Å². The summed E-state index contributed by atoms with van der Waals surface area (Å²) in [6.45, 7) is 0. The quantitative estimate of drug-likeness (QED) is 0.672. The molecule has 0 bridgehead atoms. The second kappa shape index (κ2) is 4.83. The number of rotatable bonds is 2. The van der Waals surface area contributed by atoms with E-state index in [2.05, 4.69) is 29.2 Å². The number of para-hydroxylation sites is 1. The summed E-state index contributed by atoms with van der Waals surface area (Å²) in [4.78, 5) is 4.48. The van der Waals surface area contributed by atoms with Crippen LogP contribution in [0.2, 0.25) is 0 Å². The molecule has 0 unspecified atom stereocenters. The van der Waals surface area contributed by atoms with E-state index in [0.29, 0.717) is 0 Å². The smallest absolute Gasteiger partial charge is 0.0702 e. The average molecular weight is 251 g/mol. The molecule has 2 aromatic carbocycles. The van der Waals surface area contributed by atoms with Gasteiger partial charge in [0.05, 0.1) is 10.8 Å². The monoisotopic (exact) mass is 251 g/mol. The van der Waals surface area contributed by atoms with Crippen molar-refractivity contribution in [1.82, 2.24) is 4.98 Å². The molecule has 0 saturated carbocycles. The van der Waals surface area contributed by atoms with Crippen molar-refractivity contribution in [2.75, 3.05) is 0 Å². The first-order chi connectivity index (χ1) is 8.84. The third-order valence-electron chi connectivity index (χ3n) is 3.04. The molecule has 0 aliphatic carbocycles. The van der Waals surface area contributed by atoms with Crippen LogP contribution in [0.3, 0.4) is 0 Å². The van der Waals surface area contributed by atoms with Crippen LogP contribution in [-0.2, 0) is 0 Å². The molecule has 0 saturated heterocycles. The van der Waals surface area contributed by atoms with Crippen molar-refractivity contribution < 1.29 is 0 Å². The Balaban J connectivity index is 2.04. The van der Waals surface area contributed by atoms with E-state index in [4.69, 9.17) is 12.6 Å². The minimum Gasteiger partial charge on any atom is -0.256 e. The first kappa shape index (κ1) is 11.3. The standard InChI is InChI=1S/C16H13NS/c18-16(12-6-2-1-3-7-12)14-10-13-8-4-5-9-15(13)17-11-14/h1-11,16,18H/t16-/m0/s1. The lowest BCUT2D eigenvalue weighted by molar-refractivity contribution is 1.14. The summed E-state index contributed by atoms with van der Waals surface area (Å²) < 4.78 is 0. The van der Waals surface area contributed by atoms with Gasteiger partial charge < -0.3 is 0 Å². The summed E-state index contributed by atoms with van der Waals surface area (Å²) in [6.07, 6.45) is 1.91. The molecule has 1 atom stereocenters. The number of aromatic nitrogens is 1. The molecule has 1 aromatic heterocycles. The van der Waals surface area contributed by atoms with Gasteiger partial charge in [0, 0.05) is 11.6 Å². The molecule has 1 heterocycles. The summed E-state index contributed by atoms with van der Waals surface area (Å²) in [6, 6.07) is 20.6. The van der Waals surface area contributed by atoms with Crippen molar-refractivity contribution >= 4 is 23.5 Å². The molecule has 3 rings (SSSR count). The van der Waals surface area contributed by atoms with Gasteiger partial charge in [-0.1, -0.05) is 48.5 Å². The van der Waals surface area contributed by atoms with Crippen LogP contribution in [0.15, 0.2) is 66.9 Å². The number of benzene rings is 2. The molecule has 3 aromatic rings. The van der Waals surface area contributed by atoms with Gasteiger partial charge in [-0.2, -0.15) is 12.6 Å². The Kier molecular flexibility index (Phi) is 3.03. The average Bonchev–Trinajstić information content (AvgIpc) is 2.47. The summed E-state index contributed by atoms with van der Waals surface area (Å²) in [5, 5.41) is 1.23. The molecule has 0 spiro atoms. The van der Waals surface area contributed by atoms with Crippen LogP contribution >= 0.6 is 12.6 Å². The summed E-state index contributed by atoms with van der Waals surface area (Å²) in [7, 11) is 0. The Bertz CT molecular complexity index is 664. The Morgan fingerprint density at radius 3 is 2.39 bits per heavy atom. The molecular weight excluding hydrogens is 238 g/mol. The van der Waals surface area contributed by atoms with E-state index >= 15 is 0 Å². The Hall–Kier alpha value is -1.80. The van der Waals surface area contributed by atoms with Crippen LogP contribution in [0.25, 0.3) is 10.9 Å².